The molecule has 0 bridgehead atoms. The summed E-state index contributed by atoms with van der Waals surface area (Å²) in [5.74, 6) is 1.02. The molecule has 0 aliphatic carbocycles. The number of tetrazole rings is 1. The topological polar surface area (TPSA) is 76.8 Å². The van der Waals surface area contributed by atoms with E-state index in [1.54, 1.807) is 22.7 Å². The Labute approximate surface area is 169 Å². The summed E-state index contributed by atoms with van der Waals surface area (Å²) in [7, 11) is 0. The molecule has 7 nitrogen and oxygen atoms in total. The largest absolute Gasteiger partial charge is 0.341 e. The smallest absolute Gasteiger partial charge is 0.246 e. The van der Waals surface area contributed by atoms with Gasteiger partial charge in [-0.15, -0.1) is 21.5 Å². The predicted octanol–water partition coefficient (Wildman–Crippen LogP) is 3.42. The number of hydrogen-bond acceptors (Lipinski definition) is 7. The summed E-state index contributed by atoms with van der Waals surface area (Å²) in [6.45, 7) is 1.61. The van der Waals surface area contributed by atoms with Gasteiger partial charge in [0.05, 0.1) is 15.2 Å². The lowest BCUT2D eigenvalue weighted by Gasteiger charge is -2.30. The fourth-order valence-corrected chi connectivity index (χ4v) is 5.25. The van der Waals surface area contributed by atoms with Gasteiger partial charge in [-0.3, -0.25) is 4.79 Å². The quantitative estimate of drug-likeness (QED) is 0.515. The molecule has 1 saturated heterocycles. The molecule has 1 aliphatic heterocycles. The van der Waals surface area contributed by atoms with Gasteiger partial charge < -0.3 is 4.90 Å². The van der Waals surface area contributed by atoms with Gasteiger partial charge in [-0.2, -0.15) is 16.1 Å². The Kier molecular flexibility index (Phi) is 4.61. The average molecular weight is 411 g/mol. The van der Waals surface area contributed by atoms with E-state index in [1.165, 1.54) is 14.5 Å². The Morgan fingerprint density at radius 1 is 1.18 bits per heavy atom. The van der Waals surface area contributed by atoms with Crippen molar-refractivity contribution < 1.29 is 4.79 Å². The van der Waals surface area contributed by atoms with E-state index >= 15 is 0 Å². The second-order valence-corrected chi connectivity index (χ2v) is 8.67. The van der Waals surface area contributed by atoms with E-state index in [0.29, 0.717) is 11.7 Å². The average Bonchev–Trinajstić information content (AvgIpc) is 3.47. The van der Waals surface area contributed by atoms with E-state index in [2.05, 4.69) is 27.5 Å². The molecular weight excluding hydrogens is 392 g/mol. The molecular formula is C19H18N6OS2. The summed E-state index contributed by atoms with van der Waals surface area (Å²) in [4.78, 5) is 20.7. The van der Waals surface area contributed by atoms with Gasteiger partial charge in [0.15, 0.2) is 0 Å². The summed E-state index contributed by atoms with van der Waals surface area (Å²) < 4.78 is 1.23. The van der Waals surface area contributed by atoms with Crippen LogP contribution >= 0.6 is 22.7 Å². The van der Waals surface area contributed by atoms with Crippen molar-refractivity contribution in [3.63, 3.8) is 0 Å². The number of nitrogens with zero attached hydrogens (tertiary/aromatic N) is 6. The normalized spacial score (nSPS) is 15.4. The van der Waals surface area contributed by atoms with Gasteiger partial charge in [0.25, 0.3) is 0 Å². The van der Waals surface area contributed by atoms with Crippen LogP contribution in [-0.2, 0) is 11.3 Å². The van der Waals surface area contributed by atoms with Crippen molar-refractivity contribution in [3.05, 3.63) is 46.1 Å². The minimum Gasteiger partial charge on any atom is -0.341 e. The second kappa shape index (κ2) is 7.40. The number of para-hydroxylation sites is 1. The summed E-state index contributed by atoms with van der Waals surface area (Å²) in [5, 5.41) is 17.5. The Morgan fingerprint density at radius 2 is 2.04 bits per heavy atom. The third kappa shape index (κ3) is 3.43. The lowest BCUT2D eigenvalue weighted by molar-refractivity contribution is -0.133. The van der Waals surface area contributed by atoms with E-state index in [0.717, 1.165) is 37.0 Å². The van der Waals surface area contributed by atoms with Crippen molar-refractivity contribution in [1.29, 1.82) is 0 Å². The van der Waals surface area contributed by atoms with Crippen molar-refractivity contribution in [2.75, 3.05) is 13.1 Å². The summed E-state index contributed by atoms with van der Waals surface area (Å²) in [6.07, 6.45) is 1.88. The third-order valence-corrected chi connectivity index (χ3v) is 6.90. The number of thiazole rings is 1. The number of rotatable bonds is 4. The number of aromatic nitrogens is 5. The molecule has 28 heavy (non-hydrogen) atoms. The highest BCUT2D eigenvalue weighted by molar-refractivity contribution is 7.18. The van der Waals surface area contributed by atoms with Gasteiger partial charge in [0, 0.05) is 30.0 Å². The Morgan fingerprint density at radius 3 is 2.82 bits per heavy atom. The number of benzene rings is 1. The number of carbonyl (C=O) groups is 1. The van der Waals surface area contributed by atoms with Crippen molar-refractivity contribution in [1.82, 2.24) is 30.1 Å². The zero-order valence-corrected chi connectivity index (χ0v) is 16.7. The monoisotopic (exact) mass is 410 g/mol. The molecule has 4 aromatic rings. The molecule has 3 aromatic heterocycles. The third-order valence-electron chi connectivity index (χ3n) is 5.02. The first-order valence-electron chi connectivity index (χ1n) is 9.20. The van der Waals surface area contributed by atoms with Crippen LogP contribution < -0.4 is 0 Å². The minimum absolute atomic E-state index is 0.0389. The van der Waals surface area contributed by atoms with Gasteiger partial charge in [-0.1, -0.05) is 12.1 Å². The zero-order chi connectivity index (χ0) is 18.9. The first-order chi connectivity index (χ1) is 13.8. The van der Waals surface area contributed by atoms with Crippen molar-refractivity contribution in [3.8, 4) is 11.4 Å². The minimum atomic E-state index is 0.0389. The molecule has 0 unspecified atom stereocenters. The van der Waals surface area contributed by atoms with Gasteiger partial charge in [-0.05, 0) is 41.6 Å². The van der Waals surface area contributed by atoms with Crippen LogP contribution in [-0.4, -0.2) is 49.1 Å². The van der Waals surface area contributed by atoms with Crippen LogP contribution in [0.3, 0.4) is 0 Å². The fraction of sp³-hybridized carbons (Fsp3) is 0.316. The van der Waals surface area contributed by atoms with Crippen LogP contribution in [0.4, 0.5) is 0 Å². The maximum Gasteiger partial charge on any atom is 0.246 e. The molecule has 142 valence electrons. The fourth-order valence-electron chi connectivity index (χ4n) is 3.48. The standard InChI is InChI=1S/C19H18N6OS2/c26-17(11-25-22-18(21-23-25)14-7-10-27-12-14)24-8-5-13(6-9-24)19-20-15-3-1-2-4-16(15)28-19/h1-4,7,10,12-13H,5-6,8-9,11H2. The van der Waals surface area contributed by atoms with Crippen LogP contribution in [0.5, 0.6) is 0 Å². The van der Waals surface area contributed by atoms with E-state index < -0.39 is 0 Å². The van der Waals surface area contributed by atoms with Crippen LogP contribution in [0.25, 0.3) is 21.6 Å². The molecule has 0 atom stereocenters. The van der Waals surface area contributed by atoms with E-state index in [4.69, 9.17) is 4.98 Å². The summed E-state index contributed by atoms with van der Waals surface area (Å²) in [5.41, 5.74) is 2.00. The molecule has 5 rings (SSSR count). The van der Waals surface area contributed by atoms with Crippen LogP contribution in [0.1, 0.15) is 23.8 Å². The van der Waals surface area contributed by atoms with Gasteiger partial charge in [-0.25, -0.2) is 4.98 Å². The molecule has 0 saturated carbocycles. The van der Waals surface area contributed by atoms with E-state index in [-0.39, 0.29) is 12.5 Å². The van der Waals surface area contributed by atoms with Crippen LogP contribution in [0.15, 0.2) is 41.1 Å². The lowest BCUT2D eigenvalue weighted by atomic mass is 9.97. The number of fused-ring (bicyclic) bond motifs is 1. The van der Waals surface area contributed by atoms with Crippen molar-refractivity contribution >= 4 is 38.8 Å². The maximum atomic E-state index is 12.6. The molecule has 1 amide bonds. The summed E-state index contributed by atoms with van der Waals surface area (Å²) in [6, 6.07) is 10.2. The van der Waals surface area contributed by atoms with Gasteiger partial charge in [0.2, 0.25) is 11.7 Å². The zero-order valence-electron chi connectivity index (χ0n) is 15.1. The highest BCUT2D eigenvalue weighted by Gasteiger charge is 2.26. The van der Waals surface area contributed by atoms with E-state index in [9.17, 15) is 4.79 Å². The molecule has 4 heterocycles. The Bertz CT molecular complexity index is 1060. The molecule has 1 aromatic carbocycles. The second-order valence-electron chi connectivity index (χ2n) is 6.83. The maximum absolute atomic E-state index is 12.6. The Balaban J connectivity index is 1.20. The molecule has 1 fully saturated rings. The number of carbonyl (C=O) groups excluding carboxylic acids is 1. The molecule has 0 N–H and O–H groups in total. The number of amides is 1. The van der Waals surface area contributed by atoms with Gasteiger partial charge >= 0.3 is 0 Å². The van der Waals surface area contributed by atoms with Crippen molar-refractivity contribution in [2.24, 2.45) is 0 Å². The van der Waals surface area contributed by atoms with Crippen LogP contribution in [0, 0.1) is 0 Å². The Hall–Kier alpha value is -2.65. The number of piperidine rings is 1. The SMILES string of the molecule is O=C(Cn1nnc(-c2ccsc2)n1)N1CCC(c2nc3ccccc3s2)CC1. The predicted molar refractivity (Wildman–Crippen MR) is 109 cm³/mol. The number of thiophene rings is 1. The highest BCUT2D eigenvalue weighted by atomic mass is 32.1. The molecule has 1 aliphatic rings. The summed E-state index contributed by atoms with van der Waals surface area (Å²) >= 11 is 3.35. The van der Waals surface area contributed by atoms with Crippen molar-refractivity contribution in [2.45, 2.75) is 25.3 Å². The molecule has 0 radical (unpaired) electrons. The first-order valence-corrected chi connectivity index (χ1v) is 11.0. The lowest BCUT2D eigenvalue weighted by Crippen LogP contribution is -2.40. The molecule has 0 spiro atoms. The van der Waals surface area contributed by atoms with Crippen LogP contribution in [0.2, 0.25) is 0 Å². The van der Waals surface area contributed by atoms with Gasteiger partial charge in [0.1, 0.15) is 6.54 Å². The number of likely N-dealkylation sites (tertiary alicyclic amines) is 1. The highest BCUT2D eigenvalue weighted by Crippen LogP contribution is 2.33. The number of hydrogen-bond donors (Lipinski definition) is 0. The van der Waals surface area contributed by atoms with E-state index in [1.807, 2.05) is 33.9 Å². The molecule has 9 heteroatoms. The first kappa shape index (κ1) is 17.4.